The van der Waals surface area contributed by atoms with Crippen LogP contribution in [0.3, 0.4) is 0 Å². The monoisotopic (exact) mass is 338 g/mol. The summed E-state index contributed by atoms with van der Waals surface area (Å²) in [6, 6.07) is 12.3. The topological polar surface area (TPSA) is 97.1 Å². The van der Waals surface area contributed by atoms with Crippen molar-refractivity contribution in [3.05, 3.63) is 54.2 Å². The second-order valence-corrected chi connectivity index (χ2v) is 6.27. The van der Waals surface area contributed by atoms with Crippen molar-refractivity contribution in [3.63, 3.8) is 0 Å². The molecule has 4 N–H and O–H groups in total. The van der Waals surface area contributed by atoms with E-state index >= 15 is 0 Å². The highest BCUT2D eigenvalue weighted by Crippen LogP contribution is 2.31. The normalized spacial score (nSPS) is 19.4. The first kappa shape index (κ1) is 17.1. The Kier molecular flexibility index (Phi) is 5.40. The molecule has 2 aromatic rings. The Morgan fingerprint density at radius 1 is 1.08 bits per heavy atom. The lowest BCUT2D eigenvalue weighted by atomic mass is 9.95. The van der Waals surface area contributed by atoms with Gasteiger partial charge in [0.05, 0.1) is 11.9 Å². The van der Waals surface area contributed by atoms with Gasteiger partial charge in [0.15, 0.2) is 0 Å². The van der Waals surface area contributed by atoms with E-state index in [1.807, 2.05) is 6.07 Å². The summed E-state index contributed by atoms with van der Waals surface area (Å²) >= 11 is 0. The van der Waals surface area contributed by atoms with Gasteiger partial charge in [-0.25, -0.2) is 4.98 Å². The number of aromatic nitrogens is 1. The maximum Gasteiger partial charge on any atom is 0.256 e. The lowest BCUT2D eigenvalue weighted by molar-refractivity contribution is -0.120. The van der Waals surface area contributed by atoms with Crippen LogP contribution in [0.1, 0.15) is 29.6 Å². The van der Waals surface area contributed by atoms with Gasteiger partial charge in [-0.3, -0.25) is 9.59 Å². The van der Waals surface area contributed by atoms with Crippen molar-refractivity contribution in [3.8, 4) is 0 Å². The van der Waals surface area contributed by atoms with Crippen LogP contribution in [0.2, 0.25) is 0 Å². The number of pyridine rings is 1. The predicted molar refractivity (Wildman–Crippen MR) is 97.1 cm³/mol. The van der Waals surface area contributed by atoms with Gasteiger partial charge >= 0.3 is 0 Å². The van der Waals surface area contributed by atoms with Crippen LogP contribution in [0.15, 0.2) is 48.7 Å². The number of amides is 2. The van der Waals surface area contributed by atoms with Crippen molar-refractivity contribution >= 4 is 23.3 Å². The minimum atomic E-state index is -0.221. The van der Waals surface area contributed by atoms with Gasteiger partial charge in [0.2, 0.25) is 5.91 Å². The molecule has 2 amide bonds. The molecule has 2 atom stereocenters. The van der Waals surface area contributed by atoms with Crippen LogP contribution in [0, 0.1) is 11.8 Å². The molecule has 1 fully saturated rings. The van der Waals surface area contributed by atoms with Crippen LogP contribution in [-0.4, -0.2) is 23.3 Å². The van der Waals surface area contributed by atoms with E-state index in [-0.39, 0.29) is 23.7 Å². The van der Waals surface area contributed by atoms with E-state index in [4.69, 9.17) is 5.73 Å². The molecular formula is C19H22N4O2. The molecule has 0 radical (unpaired) electrons. The van der Waals surface area contributed by atoms with Gasteiger partial charge in [-0.1, -0.05) is 24.6 Å². The van der Waals surface area contributed by atoms with Crippen LogP contribution < -0.4 is 16.4 Å². The number of benzene rings is 1. The third-order valence-corrected chi connectivity index (χ3v) is 4.61. The Bertz CT molecular complexity index is 731. The molecule has 6 heteroatoms. The third-order valence-electron chi connectivity index (χ3n) is 4.61. The van der Waals surface area contributed by atoms with Crippen LogP contribution in [0.5, 0.6) is 0 Å². The quantitative estimate of drug-likeness (QED) is 0.781. The van der Waals surface area contributed by atoms with E-state index in [0.717, 1.165) is 19.3 Å². The first-order valence-corrected chi connectivity index (χ1v) is 8.51. The number of nitrogens with two attached hydrogens (primary N) is 1. The Morgan fingerprint density at radius 2 is 1.88 bits per heavy atom. The highest BCUT2D eigenvalue weighted by atomic mass is 16.2. The molecule has 0 bridgehead atoms. The Morgan fingerprint density at radius 3 is 2.56 bits per heavy atom. The zero-order valence-electron chi connectivity index (χ0n) is 13.9. The summed E-state index contributed by atoms with van der Waals surface area (Å²) in [5.41, 5.74) is 6.92. The SMILES string of the molecule is NC[C@H]1CCC[C@H]1C(=O)Nc1ccc(NC(=O)c2ccccc2)nc1. The number of anilines is 2. The summed E-state index contributed by atoms with van der Waals surface area (Å²) in [5, 5.41) is 5.62. The molecule has 6 nitrogen and oxygen atoms in total. The second-order valence-electron chi connectivity index (χ2n) is 6.27. The lowest BCUT2D eigenvalue weighted by Crippen LogP contribution is -2.29. The highest BCUT2D eigenvalue weighted by molar-refractivity contribution is 6.03. The second kappa shape index (κ2) is 7.90. The van der Waals surface area contributed by atoms with E-state index in [2.05, 4.69) is 15.6 Å². The number of carbonyl (C=O) groups excluding carboxylic acids is 2. The van der Waals surface area contributed by atoms with Crippen molar-refractivity contribution < 1.29 is 9.59 Å². The third kappa shape index (κ3) is 4.22. The fourth-order valence-corrected chi connectivity index (χ4v) is 3.22. The molecule has 0 spiro atoms. The molecule has 130 valence electrons. The van der Waals surface area contributed by atoms with E-state index in [0.29, 0.717) is 23.6 Å². The first-order valence-electron chi connectivity index (χ1n) is 8.51. The standard InChI is InChI=1S/C19H22N4O2/c20-11-14-7-4-8-16(14)19(25)22-15-9-10-17(21-12-15)23-18(24)13-5-2-1-3-6-13/h1-3,5-6,9-10,12,14,16H,4,7-8,11,20H2,(H,22,25)(H,21,23,24)/t14-,16-/m1/s1. The maximum atomic E-state index is 12.4. The summed E-state index contributed by atoms with van der Waals surface area (Å²) in [4.78, 5) is 28.6. The number of nitrogens with zero attached hydrogens (tertiary/aromatic N) is 1. The smallest absolute Gasteiger partial charge is 0.256 e. The van der Waals surface area contributed by atoms with Gasteiger partial charge < -0.3 is 16.4 Å². The van der Waals surface area contributed by atoms with Gasteiger partial charge in [0.1, 0.15) is 5.82 Å². The maximum absolute atomic E-state index is 12.4. The summed E-state index contributed by atoms with van der Waals surface area (Å²) in [6.45, 7) is 0.542. The molecule has 3 rings (SSSR count). The molecular weight excluding hydrogens is 316 g/mol. The minimum Gasteiger partial charge on any atom is -0.330 e. The Balaban J connectivity index is 1.59. The van der Waals surface area contributed by atoms with E-state index in [1.54, 1.807) is 42.6 Å². The van der Waals surface area contributed by atoms with Crippen LogP contribution >= 0.6 is 0 Å². The fourth-order valence-electron chi connectivity index (χ4n) is 3.22. The molecule has 1 aliphatic carbocycles. The van der Waals surface area contributed by atoms with Crippen LogP contribution in [0.25, 0.3) is 0 Å². The fraction of sp³-hybridized carbons (Fsp3) is 0.316. The molecule has 1 aromatic carbocycles. The molecule has 0 unspecified atom stereocenters. The van der Waals surface area contributed by atoms with Crippen LogP contribution in [0.4, 0.5) is 11.5 Å². The van der Waals surface area contributed by atoms with Crippen LogP contribution in [-0.2, 0) is 4.79 Å². The average Bonchev–Trinajstić information content (AvgIpc) is 3.13. The summed E-state index contributed by atoms with van der Waals surface area (Å²) in [6.07, 6.45) is 4.48. The van der Waals surface area contributed by atoms with E-state index in [1.165, 1.54) is 0 Å². The number of hydrogen-bond donors (Lipinski definition) is 3. The van der Waals surface area contributed by atoms with Gasteiger partial charge in [-0.15, -0.1) is 0 Å². The molecule has 0 aliphatic heterocycles. The summed E-state index contributed by atoms with van der Waals surface area (Å²) in [7, 11) is 0. The number of hydrogen-bond acceptors (Lipinski definition) is 4. The summed E-state index contributed by atoms with van der Waals surface area (Å²) in [5.74, 6) is 0.449. The average molecular weight is 338 g/mol. The van der Waals surface area contributed by atoms with Crippen molar-refractivity contribution in [2.24, 2.45) is 17.6 Å². The van der Waals surface area contributed by atoms with Crippen molar-refractivity contribution in [2.75, 3.05) is 17.2 Å². The number of rotatable bonds is 5. The molecule has 25 heavy (non-hydrogen) atoms. The molecule has 1 saturated carbocycles. The molecule has 1 aliphatic rings. The van der Waals surface area contributed by atoms with Gasteiger partial charge in [0, 0.05) is 11.5 Å². The van der Waals surface area contributed by atoms with Crippen molar-refractivity contribution in [1.29, 1.82) is 0 Å². The van der Waals surface area contributed by atoms with Gasteiger partial charge in [0.25, 0.3) is 5.91 Å². The van der Waals surface area contributed by atoms with Crippen molar-refractivity contribution in [1.82, 2.24) is 4.98 Å². The predicted octanol–water partition coefficient (Wildman–Crippen LogP) is 2.65. The highest BCUT2D eigenvalue weighted by Gasteiger charge is 2.31. The van der Waals surface area contributed by atoms with E-state index in [9.17, 15) is 9.59 Å². The summed E-state index contributed by atoms with van der Waals surface area (Å²) < 4.78 is 0. The Hall–Kier alpha value is -2.73. The van der Waals surface area contributed by atoms with Gasteiger partial charge in [-0.05, 0) is 49.6 Å². The van der Waals surface area contributed by atoms with Crippen molar-refractivity contribution in [2.45, 2.75) is 19.3 Å². The number of nitrogens with one attached hydrogen (secondary N) is 2. The van der Waals surface area contributed by atoms with E-state index < -0.39 is 0 Å². The Labute approximate surface area is 146 Å². The zero-order valence-corrected chi connectivity index (χ0v) is 13.9. The molecule has 1 heterocycles. The number of carbonyl (C=O) groups is 2. The largest absolute Gasteiger partial charge is 0.330 e. The molecule has 1 aromatic heterocycles. The minimum absolute atomic E-state index is 0.00387. The first-order chi connectivity index (χ1) is 12.2. The lowest BCUT2D eigenvalue weighted by Gasteiger charge is -2.17. The molecule has 0 saturated heterocycles. The zero-order chi connectivity index (χ0) is 17.6. The van der Waals surface area contributed by atoms with Gasteiger partial charge in [-0.2, -0.15) is 0 Å².